The standard InChI is InChI=1S/C34H42N2O4/c1-23-19-28(13-17-32(23)39-2)25-9-7-24(8-10-25)22-36(34(38)26-11-15-31(37)16-12-26)30-6-4-5-27(20-30)29-14-18-33(40-3)35-21-29/h4-6,13-14,17-21,24-26,31,37H,7-12,15-16,22H2,1-3H3/t24-,25-,26-,31-. The Labute approximate surface area is 238 Å². The second-order valence-electron chi connectivity index (χ2n) is 11.5. The number of aliphatic hydroxyl groups excluding tert-OH is 1. The number of anilines is 1. The van der Waals surface area contributed by atoms with Gasteiger partial charge in [-0.05, 0) is 111 Å². The molecule has 6 heteroatoms. The van der Waals surface area contributed by atoms with Crippen LogP contribution in [0.25, 0.3) is 11.1 Å². The van der Waals surface area contributed by atoms with E-state index in [0.717, 1.165) is 67.6 Å². The molecule has 0 bridgehead atoms. The maximum atomic E-state index is 14.0. The van der Waals surface area contributed by atoms with Crippen molar-refractivity contribution in [2.75, 3.05) is 25.7 Å². The molecule has 2 aliphatic carbocycles. The number of methoxy groups -OCH3 is 2. The third kappa shape index (κ3) is 6.49. The van der Waals surface area contributed by atoms with Gasteiger partial charge in [0.05, 0.1) is 20.3 Å². The van der Waals surface area contributed by atoms with E-state index in [2.05, 4.69) is 48.3 Å². The summed E-state index contributed by atoms with van der Waals surface area (Å²) >= 11 is 0. The van der Waals surface area contributed by atoms with E-state index in [4.69, 9.17) is 9.47 Å². The van der Waals surface area contributed by atoms with Gasteiger partial charge >= 0.3 is 0 Å². The van der Waals surface area contributed by atoms with Crippen LogP contribution < -0.4 is 14.4 Å². The number of hydrogen-bond acceptors (Lipinski definition) is 5. The van der Waals surface area contributed by atoms with Crippen LogP contribution in [0.4, 0.5) is 5.69 Å². The molecule has 2 aliphatic rings. The predicted molar refractivity (Wildman–Crippen MR) is 159 cm³/mol. The highest BCUT2D eigenvalue weighted by molar-refractivity contribution is 5.95. The van der Waals surface area contributed by atoms with Crippen molar-refractivity contribution in [3.8, 4) is 22.8 Å². The van der Waals surface area contributed by atoms with Crippen LogP contribution in [0.5, 0.6) is 11.6 Å². The topological polar surface area (TPSA) is 71.9 Å². The number of carbonyl (C=O) groups is 1. The lowest BCUT2D eigenvalue weighted by atomic mass is 9.78. The van der Waals surface area contributed by atoms with Gasteiger partial charge in [0.2, 0.25) is 11.8 Å². The molecule has 1 heterocycles. The van der Waals surface area contributed by atoms with Gasteiger partial charge in [-0.1, -0.05) is 24.3 Å². The fourth-order valence-corrected chi connectivity index (χ4v) is 6.48. The molecule has 1 aromatic heterocycles. The highest BCUT2D eigenvalue weighted by Gasteiger charge is 2.32. The maximum absolute atomic E-state index is 14.0. The molecule has 1 amide bonds. The summed E-state index contributed by atoms with van der Waals surface area (Å²) in [6.45, 7) is 2.84. The highest BCUT2D eigenvalue weighted by atomic mass is 16.5. The number of ether oxygens (including phenoxy) is 2. The molecule has 0 radical (unpaired) electrons. The summed E-state index contributed by atoms with van der Waals surface area (Å²) in [6, 6.07) is 18.7. The van der Waals surface area contributed by atoms with E-state index in [0.29, 0.717) is 30.6 Å². The van der Waals surface area contributed by atoms with Crippen LogP contribution in [-0.4, -0.2) is 42.9 Å². The lowest BCUT2D eigenvalue weighted by Gasteiger charge is -2.36. The fraction of sp³-hybridized carbons (Fsp3) is 0.471. The van der Waals surface area contributed by atoms with Crippen molar-refractivity contribution in [2.24, 2.45) is 11.8 Å². The Hall–Kier alpha value is -3.38. The lowest BCUT2D eigenvalue weighted by molar-refractivity contribution is -0.124. The minimum absolute atomic E-state index is 0.0340. The Morgan fingerprint density at radius 1 is 0.900 bits per heavy atom. The van der Waals surface area contributed by atoms with E-state index in [1.165, 1.54) is 11.1 Å². The number of carbonyl (C=O) groups excluding carboxylic acids is 1. The minimum atomic E-state index is -0.278. The predicted octanol–water partition coefficient (Wildman–Crippen LogP) is 6.93. The Morgan fingerprint density at radius 2 is 1.68 bits per heavy atom. The first kappa shape index (κ1) is 28.2. The normalized spacial score (nSPS) is 22.9. The molecular weight excluding hydrogens is 500 g/mol. The Kier molecular flexibility index (Phi) is 9.05. The van der Waals surface area contributed by atoms with Crippen molar-refractivity contribution in [1.82, 2.24) is 4.98 Å². The average molecular weight is 543 g/mol. The van der Waals surface area contributed by atoms with Crippen LogP contribution in [0, 0.1) is 18.8 Å². The molecule has 5 rings (SSSR count). The van der Waals surface area contributed by atoms with E-state index in [1.54, 1.807) is 14.2 Å². The van der Waals surface area contributed by atoms with Crippen molar-refractivity contribution >= 4 is 11.6 Å². The van der Waals surface area contributed by atoms with E-state index >= 15 is 0 Å². The number of aryl methyl sites for hydroxylation is 1. The van der Waals surface area contributed by atoms with Gasteiger partial charge < -0.3 is 19.5 Å². The first-order valence-electron chi connectivity index (χ1n) is 14.7. The Balaban J connectivity index is 1.33. The number of amides is 1. The fourth-order valence-electron chi connectivity index (χ4n) is 6.48. The number of pyridine rings is 1. The van der Waals surface area contributed by atoms with Crippen LogP contribution in [0.3, 0.4) is 0 Å². The minimum Gasteiger partial charge on any atom is -0.496 e. The molecule has 3 aromatic rings. The summed E-state index contributed by atoms with van der Waals surface area (Å²) in [5.41, 5.74) is 5.54. The number of aliphatic hydroxyl groups is 1. The Bertz CT molecular complexity index is 1280. The van der Waals surface area contributed by atoms with Crippen LogP contribution in [0.1, 0.15) is 68.4 Å². The van der Waals surface area contributed by atoms with Crippen molar-refractivity contribution in [3.63, 3.8) is 0 Å². The number of benzene rings is 2. The first-order chi connectivity index (χ1) is 19.4. The van der Waals surface area contributed by atoms with E-state index in [1.807, 2.05) is 29.3 Å². The van der Waals surface area contributed by atoms with Crippen LogP contribution in [0.15, 0.2) is 60.8 Å². The molecule has 1 N–H and O–H groups in total. The summed E-state index contributed by atoms with van der Waals surface area (Å²) in [4.78, 5) is 20.4. The van der Waals surface area contributed by atoms with E-state index in [-0.39, 0.29) is 17.9 Å². The third-order valence-electron chi connectivity index (χ3n) is 8.93. The largest absolute Gasteiger partial charge is 0.496 e. The zero-order valence-electron chi connectivity index (χ0n) is 24.0. The summed E-state index contributed by atoms with van der Waals surface area (Å²) in [7, 11) is 3.33. The van der Waals surface area contributed by atoms with Crippen molar-refractivity contribution in [2.45, 2.75) is 70.3 Å². The number of hydrogen-bond donors (Lipinski definition) is 1. The molecule has 0 unspecified atom stereocenters. The van der Waals surface area contributed by atoms with Gasteiger partial charge in [-0.25, -0.2) is 4.98 Å². The molecular formula is C34H42N2O4. The van der Waals surface area contributed by atoms with Crippen LogP contribution in [-0.2, 0) is 4.79 Å². The molecule has 2 saturated carbocycles. The molecule has 212 valence electrons. The molecule has 0 atom stereocenters. The smallest absolute Gasteiger partial charge is 0.230 e. The zero-order valence-corrected chi connectivity index (χ0v) is 24.0. The van der Waals surface area contributed by atoms with Gasteiger partial charge in [-0.2, -0.15) is 0 Å². The summed E-state index contributed by atoms with van der Waals surface area (Å²) in [6.07, 6.45) is 8.91. The molecule has 6 nitrogen and oxygen atoms in total. The quantitative estimate of drug-likeness (QED) is 0.334. The summed E-state index contributed by atoms with van der Waals surface area (Å²) < 4.78 is 10.7. The summed E-state index contributed by atoms with van der Waals surface area (Å²) in [5.74, 6) is 2.69. The average Bonchev–Trinajstić information content (AvgIpc) is 3.00. The van der Waals surface area contributed by atoms with E-state index in [9.17, 15) is 9.90 Å². The molecule has 40 heavy (non-hydrogen) atoms. The van der Waals surface area contributed by atoms with Gasteiger partial charge in [0, 0.05) is 36.0 Å². The molecule has 2 aromatic carbocycles. The highest BCUT2D eigenvalue weighted by Crippen LogP contribution is 2.39. The second kappa shape index (κ2) is 12.9. The molecule has 0 spiro atoms. The van der Waals surface area contributed by atoms with Gasteiger partial charge in [0.1, 0.15) is 5.75 Å². The molecule has 0 aliphatic heterocycles. The second-order valence-corrected chi connectivity index (χ2v) is 11.5. The SMILES string of the molecule is COc1ccc(-c2cccc(N(C[C@H]3CC[C@H](c4ccc(OC)c(C)c4)CC3)C(=O)[C@H]3CC[C@H](O)CC3)c2)cn1. The monoisotopic (exact) mass is 542 g/mol. The van der Waals surface area contributed by atoms with Crippen LogP contribution >= 0.6 is 0 Å². The van der Waals surface area contributed by atoms with Gasteiger partial charge in [0.15, 0.2) is 0 Å². The van der Waals surface area contributed by atoms with Crippen molar-refractivity contribution in [3.05, 3.63) is 71.9 Å². The van der Waals surface area contributed by atoms with Gasteiger partial charge in [0.25, 0.3) is 0 Å². The Morgan fingerprint density at radius 3 is 2.33 bits per heavy atom. The van der Waals surface area contributed by atoms with Crippen molar-refractivity contribution < 1.29 is 19.4 Å². The van der Waals surface area contributed by atoms with Crippen molar-refractivity contribution in [1.29, 1.82) is 0 Å². The van der Waals surface area contributed by atoms with E-state index < -0.39 is 0 Å². The lowest BCUT2D eigenvalue weighted by Crippen LogP contribution is -2.41. The van der Waals surface area contributed by atoms with Crippen LogP contribution in [0.2, 0.25) is 0 Å². The third-order valence-corrected chi connectivity index (χ3v) is 8.93. The van der Waals surface area contributed by atoms with Gasteiger partial charge in [-0.15, -0.1) is 0 Å². The molecule has 2 fully saturated rings. The van der Waals surface area contributed by atoms with Gasteiger partial charge in [-0.3, -0.25) is 4.79 Å². The number of aromatic nitrogens is 1. The summed E-state index contributed by atoms with van der Waals surface area (Å²) in [5, 5.41) is 10.0. The zero-order chi connectivity index (χ0) is 28.1. The molecule has 0 saturated heterocycles. The first-order valence-corrected chi connectivity index (χ1v) is 14.7. The number of nitrogens with zero attached hydrogens (tertiary/aromatic N) is 2. The maximum Gasteiger partial charge on any atom is 0.230 e. The number of rotatable bonds is 8.